The number of carbonyl (C=O) groups is 2. The average Bonchev–Trinajstić information content (AvgIpc) is 2.87. The molecule has 1 aromatic rings. The van der Waals surface area contributed by atoms with Crippen LogP contribution < -0.4 is 0 Å². The Kier molecular flexibility index (Phi) is 6.74. The number of aryl methyl sites for hydroxylation is 1. The van der Waals surface area contributed by atoms with E-state index < -0.39 is 5.97 Å². The fourth-order valence-corrected chi connectivity index (χ4v) is 4.11. The van der Waals surface area contributed by atoms with E-state index in [4.69, 9.17) is 9.84 Å². The Bertz CT molecular complexity index is 579. The molecule has 0 radical (unpaired) electrons. The van der Waals surface area contributed by atoms with Gasteiger partial charge in [-0.3, -0.25) is 9.59 Å². The molecule has 1 N–H and O–H groups in total. The lowest BCUT2D eigenvalue weighted by atomic mass is 10.1. The molecule has 0 bridgehead atoms. The SMILES string of the molecule is Cc1nc(CC(C)C)sc1C(=O)N(CCC(=O)O)C1CCOCC1. The molecule has 1 amide bonds. The van der Waals surface area contributed by atoms with Gasteiger partial charge in [-0.05, 0) is 25.7 Å². The summed E-state index contributed by atoms with van der Waals surface area (Å²) in [6, 6.07) is 0.0423. The maximum absolute atomic E-state index is 13.0. The molecule has 2 rings (SSSR count). The molecule has 1 aliphatic heterocycles. The molecule has 0 aromatic carbocycles. The summed E-state index contributed by atoms with van der Waals surface area (Å²) in [5.41, 5.74) is 0.744. The zero-order valence-corrected chi connectivity index (χ0v) is 15.4. The van der Waals surface area contributed by atoms with E-state index in [0.29, 0.717) is 24.0 Å². The van der Waals surface area contributed by atoms with Crippen molar-refractivity contribution in [2.45, 2.75) is 52.5 Å². The molecule has 0 unspecified atom stereocenters. The van der Waals surface area contributed by atoms with Gasteiger partial charge in [0.05, 0.1) is 17.1 Å². The van der Waals surface area contributed by atoms with Gasteiger partial charge in [0.2, 0.25) is 0 Å². The highest BCUT2D eigenvalue weighted by Gasteiger charge is 2.29. The van der Waals surface area contributed by atoms with Crippen molar-refractivity contribution >= 4 is 23.2 Å². The molecule has 24 heavy (non-hydrogen) atoms. The van der Waals surface area contributed by atoms with Crippen LogP contribution in [0.25, 0.3) is 0 Å². The van der Waals surface area contributed by atoms with Gasteiger partial charge >= 0.3 is 5.97 Å². The molecule has 1 aromatic heterocycles. The zero-order chi connectivity index (χ0) is 17.7. The van der Waals surface area contributed by atoms with Crippen LogP contribution in [0.3, 0.4) is 0 Å². The number of aromatic nitrogens is 1. The molecule has 1 fully saturated rings. The van der Waals surface area contributed by atoms with Crippen LogP contribution in [0.2, 0.25) is 0 Å². The van der Waals surface area contributed by atoms with Gasteiger partial charge < -0.3 is 14.7 Å². The van der Waals surface area contributed by atoms with Gasteiger partial charge in [-0.1, -0.05) is 13.8 Å². The van der Waals surface area contributed by atoms with Crippen LogP contribution in [0.4, 0.5) is 0 Å². The van der Waals surface area contributed by atoms with Crippen LogP contribution >= 0.6 is 11.3 Å². The fraction of sp³-hybridized carbons (Fsp3) is 0.706. The quantitative estimate of drug-likeness (QED) is 0.814. The minimum absolute atomic E-state index is 0.0419. The van der Waals surface area contributed by atoms with Gasteiger partial charge in [0.1, 0.15) is 4.88 Å². The molecule has 1 saturated heterocycles. The Morgan fingerprint density at radius 1 is 1.38 bits per heavy atom. The number of thiazole rings is 1. The topological polar surface area (TPSA) is 79.7 Å². The highest BCUT2D eigenvalue weighted by Crippen LogP contribution is 2.25. The highest BCUT2D eigenvalue weighted by atomic mass is 32.1. The van der Waals surface area contributed by atoms with Crippen molar-refractivity contribution in [1.82, 2.24) is 9.88 Å². The molecular weight excluding hydrogens is 328 g/mol. The summed E-state index contributed by atoms with van der Waals surface area (Å²) < 4.78 is 5.37. The van der Waals surface area contributed by atoms with E-state index in [9.17, 15) is 9.59 Å². The first-order valence-electron chi connectivity index (χ1n) is 8.45. The van der Waals surface area contributed by atoms with Gasteiger partial charge in [0.15, 0.2) is 0 Å². The van der Waals surface area contributed by atoms with Gasteiger partial charge in [-0.15, -0.1) is 11.3 Å². The summed E-state index contributed by atoms with van der Waals surface area (Å²) in [5.74, 6) is -0.494. The van der Waals surface area contributed by atoms with E-state index in [-0.39, 0.29) is 24.9 Å². The Morgan fingerprint density at radius 2 is 2.04 bits per heavy atom. The molecule has 0 spiro atoms. The normalized spacial score (nSPS) is 15.7. The average molecular weight is 354 g/mol. The number of rotatable bonds is 7. The summed E-state index contributed by atoms with van der Waals surface area (Å²) in [7, 11) is 0. The van der Waals surface area contributed by atoms with Crippen LogP contribution in [0.5, 0.6) is 0 Å². The highest BCUT2D eigenvalue weighted by molar-refractivity contribution is 7.13. The largest absolute Gasteiger partial charge is 0.481 e. The second-order valence-electron chi connectivity index (χ2n) is 6.61. The van der Waals surface area contributed by atoms with Crippen molar-refractivity contribution in [3.05, 3.63) is 15.6 Å². The lowest BCUT2D eigenvalue weighted by molar-refractivity contribution is -0.137. The predicted molar refractivity (Wildman–Crippen MR) is 92.5 cm³/mol. The maximum Gasteiger partial charge on any atom is 0.305 e. The van der Waals surface area contributed by atoms with Crippen molar-refractivity contribution in [3.8, 4) is 0 Å². The molecule has 0 aliphatic carbocycles. The molecule has 134 valence electrons. The van der Waals surface area contributed by atoms with Gasteiger partial charge in [0, 0.05) is 32.2 Å². The van der Waals surface area contributed by atoms with E-state index in [0.717, 1.165) is 30.0 Å². The molecule has 1 aliphatic rings. The maximum atomic E-state index is 13.0. The first-order chi connectivity index (χ1) is 11.4. The van der Waals surface area contributed by atoms with E-state index in [1.165, 1.54) is 11.3 Å². The third-order valence-electron chi connectivity index (χ3n) is 4.08. The number of ether oxygens (including phenoxy) is 1. The number of hydrogen-bond acceptors (Lipinski definition) is 5. The second-order valence-corrected chi connectivity index (χ2v) is 7.69. The first-order valence-corrected chi connectivity index (χ1v) is 9.27. The summed E-state index contributed by atoms with van der Waals surface area (Å²) in [4.78, 5) is 30.9. The number of carboxylic acid groups (broad SMARTS) is 1. The molecular formula is C17H26N2O4S. The van der Waals surface area contributed by atoms with E-state index in [1.54, 1.807) is 4.90 Å². The zero-order valence-electron chi connectivity index (χ0n) is 14.6. The number of hydrogen-bond donors (Lipinski definition) is 1. The van der Waals surface area contributed by atoms with Gasteiger partial charge in [-0.2, -0.15) is 0 Å². The Balaban J connectivity index is 2.19. The minimum Gasteiger partial charge on any atom is -0.481 e. The van der Waals surface area contributed by atoms with Crippen molar-refractivity contribution in [2.24, 2.45) is 5.92 Å². The van der Waals surface area contributed by atoms with Crippen molar-refractivity contribution in [2.75, 3.05) is 19.8 Å². The van der Waals surface area contributed by atoms with Gasteiger partial charge in [0.25, 0.3) is 5.91 Å². The van der Waals surface area contributed by atoms with Crippen LogP contribution in [0, 0.1) is 12.8 Å². The number of carbonyl (C=O) groups excluding carboxylic acids is 1. The lowest BCUT2D eigenvalue weighted by Crippen LogP contribution is -2.44. The van der Waals surface area contributed by atoms with Crippen molar-refractivity contribution in [3.63, 3.8) is 0 Å². The third kappa shape index (κ3) is 5.01. The lowest BCUT2D eigenvalue weighted by Gasteiger charge is -2.34. The van der Waals surface area contributed by atoms with Crippen LogP contribution in [0.1, 0.15) is 53.5 Å². The summed E-state index contributed by atoms with van der Waals surface area (Å²) >= 11 is 1.44. The molecule has 7 heteroatoms. The molecule has 6 nitrogen and oxygen atoms in total. The van der Waals surface area contributed by atoms with Crippen molar-refractivity contribution < 1.29 is 19.4 Å². The molecule has 2 heterocycles. The Morgan fingerprint density at radius 3 is 2.62 bits per heavy atom. The Labute approximate surface area is 146 Å². The third-order valence-corrected chi connectivity index (χ3v) is 5.24. The van der Waals surface area contributed by atoms with E-state index in [2.05, 4.69) is 18.8 Å². The second kappa shape index (κ2) is 8.58. The van der Waals surface area contributed by atoms with E-state index in [1.807, 2.05) is 6.92 Å². The molecule has 0 atom stereocenters. The van der Waals surface area contributed by atoms with Crippen molar-refractivity contribution in [1.29, 1.82) is 0 Å². The fourth-order valence-electron chi connectivity index (χ4n) is 2.88. The number of amides is 1. The van der Waals surface area contributed by atoms with Crippen LogP contribution in [0.15, 0.2) is 0 Å². The van der Waals surface area contributed by atoms with Crippen LogP contribution in [-0.2, 0) is 16.0 Å². The smallest absolute Gasteiger partial charge is 0.305 e. The van der Waals surface area contributed by atoms with Crippen LogP contribution in [-0.4, -0.2) is 52.7 Å². The number of nitrogens with zero attached hydrogens (tertiary/aromatic N) is 2. The monoisotopic (exact) mass is 354 g/mol. The first kappa shape index (κ1) is 18.9. The number of carboxylic acids is 1. The van der Waals surface area contributed by atoms with E-state index >= 15 is 0 Å². The summed E-state index contributed by atoms with van der Waals surface area (Å²) in [6.45, 7) is 7.56. The summed E-state index contributed by atoms with van der Waals surface area (Å²) in [5, 5.41) is 9.97. The van der Waals surface area contributed by atoms with Gasteiger partial charge in [-0.25, -0.2) is 4.98 Å². The standard InChI is InChI=1S/C17H26N2O4S/c1-11(2)10-14-18-12(3)16(24-14)17(22)19(7-4-15(20)21)13-5-8-23-9-6-13/h11,13H,4-10H2,1-3H3,(H,20,21). The number of aliphatic carboxylic acids is 1. The molecule has 0 saturated carbocycles. The summed E-state index contributed by atoms with van der Waals surface area (Å²) in [6.07, 6.45) is 2.31. The minimum atomic E-state index is -0.888. The Hall–Kier alpha value is -1.47. The predicted octanol–water partition coefficient (Wildman–Crippen LogP) is 2.75.